The summed E-state index contributed by atoms with van der Waals surface area (Å²) in [6.07, 6.45) is 3.22. The van der Waals surface area contributed by atoms with Crippen LogP contribution in [-0.4, -0.2) is 10.7 Å². The summed E-state index contributed by atoms with van der Waals surface area (Å²) in [5, 5.41) is 9.77. The Hall–Kier alpha value is -1.08. The summed E-state index contributed by atoms with van der Waals surface area (Å²) in [6, 6.07) is 10.3. The van der Waals surface area contributed by atoms with E-state index >= 15 is 0 Å². The third-order valence-electron chi connectivity index (χ3n) is 2.73. The largest absolute Gasteiger partial charge is 0.390 e. The monoisotopic (exact) mass is 188 g/mol. The zero-order chi connectivity index (χ0) is 10.2. The first kappa shape index (κ1) is 9.47. The summed E-state index contributed by atoms with van der Waals surface area (Å²) in [5.41, 5.74) is 2.04. The van der Waals surface area contributed by atoms with E-state index in [1.54, 1.807) is 0 Å². The van der Waals surface area contributed by atoms with Crippen molar-refractivity contribution in [3.63, 3.8) is 0 Å². The third kappa shape index (κ3) is 2.05. The fraction of sp³-hybridized carbons (Fsp3) is 0.385. The maximum absolute atomic E-state index is 9.77. The molecule has 1 aromatic carbocycles. The smallest absolute Gasteiger partial charge is 0.0659 e. The molecule has 0 spiro atoms. The number of benzene rings is 1. The van der Waals surface area contributed by atoms with Crippen LogP contribution in [0.25, 0.3) is 6.08 Å². The van der Waals surface area contributed by atoms with Gasteiger partial charge in [0.15, 0.2) is 0 Å². The van der Waals surface area contributed by atoms with E-state index < -0.39 is 5.60 Å². The van der Waals surface area contributed by atoms with Gasteiger partial charge in [-0.15, -0.1) is 0 Å². The van der Waals surface area contributed by atoms with Gasteiger partial charge < -0.3 is 5.11 Å². The lowest BCUT2D eigenvalue weighted by atomic mass is 10.0. The molecule has 0 radical (unpaired) electrons. The molecule has 1 unspecified atom stereocenters. The Balaban J connectivity index is 2.10. The van der Waals surface area contributed by atoms with E-state index in [0.717, 1.165) is 6.42 Å². The van der Waals surface area contributed by atoms with Crippen molar-refractivity contribution in [3.05, 3.63) is 41.5 Å². The van der Waals surface area contributed by atoms with Crippen molar-refractivity contribution in [1.82, 2.24) is 0 Å². The molecule has 1 aliphatic carbocycles. The molecule has 0 heterocycles. The van der Waals surface area contributed by atoms with E-state index in [2.05, 4.69) is 18.2 Å². The Morgan fingerprint density at radius 2 is 1.93 bits per heavy atom. The lowest BCUT2D eigenvalue weighted by Gasteiger charge is -2.14. The van der Waals surface area contributed by atoms with Gasteiger partial charge in [0.2, 0.25) is 0 Å². The first-order chi connectivity index (χ1) is 6.57. The standard InChI is InChI=1S/C13H16O/c1-13(2,14)12-9-11(12)8-10-6-4-3-5-7-10/h3-8,12,14H,9H2,1-2H3/b11-8-. The molecule has 1 atom stereocenters. The van der Waals surface area contributed by atoms with Crippen LogP contribution in [0.3, 0.4) is 0 Å². The maximum Gasteiger partial charge on any atom is 0.0659 e. The van der Waals surface area contributed by atoms with Crippen LogP contribution in [0.5, 0.6) is 0 Å². The minimum absolute atomic E-state index is 0.364. The van der Waals surface area contributed by atoms with Crippen LogP contribution in [-0.2, 0) is 0 Å². The van der Waals surface area contributed by atoms with Gasteiger partial charge in [-0.3, -0.25) is 0 Å². The van der Waals surface area contributed by atoms with Gasteiger partial charge in [0.05, 0.1) is 5.60 Å². The Bertz CT molecular complexity index is 343. The molecule has 1 N–H and O–H groups in total. The summed E-state index contributed by atoms with van der Waals surface area (Å²) in [7, 11) is 0. The number of aliphatic hydroxyl groups is 1. The van der Waals surface area contributed by atoms with Gasteiger partial charge in [-0.25, -0.2) is 0 Å². The van der Waals surface area contributed by atoms with Crippen LogP contribution in [0.2, 0.25) is 0 Å². The molecule has 74 valence electrons. The first-order valence-corrected chi connectivity index (χ1v) is 5.05. The van der Waals surface area contributed by atoms with Gasteiger partial charge in [-0.1, -0.05) is 42.0 Å². The second-order valence-electron chi connectivity index (χ2n) is 4.54. The Morgan fingerprint density at radius 1 is 1.29 bits per heavy atom. The van der Waals surface area contributed by atoms with E-state index in [1.165, 1.54) is 11.1 Å². The summed E-state index contributed by atoms with van der Waals surface area (Å²) < 4.78 is 0. The highest BCUT2D eigenvalue weighted by atomic mass is 16.3. The molecule has 14 heavy (non-hydrogen) atoms. The van der Waals surface area contributed by atoms with Crippen molar-refractivity contribution in [2.24, 2.45) is 5.92 Å². The zero-order valence-corrected chi connectivity index (χ0v) is 8.70. The molecular weight excluding hydrogens is 172 g/mol. The van der Waals surface area contributed by atoms with E-state index in [1.807, 2.05) is 32.0 Å². The van der Waals surface area contributed by atoms with Crippen LogP contribution in [0.4, 0.5) is 0 Å². The van der Waals surface area contributed by atoms with Crippen molar-refractivity contribution < 1.29 is 5.11 Å². The van der Waals surface area contributed by atoms with Crippen LogP contribution in [0.15, 0.2) is 35.9 Å². The van der Waals surface area contributed by atoms with E-state index in [0.29, 0.717) is 5.92 Å². The SMILES string of the molecule is CC(C)(O)C1C/C1=C/c1ccccc1. The molecule has 1 aromatic rings. The number of rotatable bonds is 2. The Morgan fingerprint density at radius 3 is 2.43 bits per heavy atom. The fourth-order valence-corrected chi connectivity index (χ4v) is 1.80. The average molecular weight is 188 g/mol. The third-order valence-corrected chi connectivity index (χ3v) is 2.73. The summed E-state index contributed by atoms with van der Waals surface area (Å²) >= 11 is 0. The van der Waals surface area contributed by atoms with Crippen LogP contribution in [0.1, 0.15) is 25.8 Å². The van der Waals surface area contributed by atoms with Gasteiger partial charge in [-0.05, 0) is 25.8 Å². The van der Waals surface area contributed by atoms with Gasteiger partial charge >= 0.3 is 0 Å². The minimum Gasteiger partial charge on any atom is -0.390 e. The van der Waals surface area contributed by atoms with Crippen LogP contribution in [0, 0.1) is 5.92 Å². The number of hydrogen-bond donors (Lipinski definition) is 1. The molecule has 0 saturated heterocycles. The highest BCUT2D eigenvalue weighted by molar-refractivity contribution is 5.58. The van der Waals surface area contributed by atoms with E-state index in [9.17, 15) is 5.11 Å². The molecular formula is C13H16O. The molecule has 1 nitrogen and oxygen atoms in total. The van der Waals surface area contributed by atoms with Gasteiger partial charge in [0.1, 0.15) is 0 Å². The molecule has 0 amide bonds. The second kappa shape index (κ2) is 3.25. The van der Waals surface area contributed by atoms with Gasteiger partial charge in [0, 0.05) is 5.92 Å². The summed E-state index contributed by atoms with van der Waals surface area (Å²) in [4.78, 5) is 0. The van der Waals surface area contributed by atoms with Crippen molar-refractivity contribution >= 4 is 6.08 Å². The lowest BCUT2D eigenvalue weighted by Crippen LogP contribution is -2.21. The Kier molecular flexibility index (Phi) is 2.20. The molecule has 1 heteroatoms. The average Bonchev–Trinajstić information content (AvgIpc) is 2.85. The predicted molar refractivity (Wildman–Crippen MR) is 58.8 cm³/mol. The van der Waals surface area contributed by atoms with Crippen LogP contribution < -0.4 is 0 Å². The zero-order valence-electron chi connectivity index (χ0n) is 8.70. The van der Waals surface area contributed by atoms with Crippen molar-refractivity contribution in [1.29, 1.82) is 0 Å². The molecule has 0 aromatic heterocycles. The highest BCUT2D eigenvalue weighted by Crippen LogP contribution is 2.46. The first-order valence-electron chi connectivity index (χ1n) is 5.05. The second-order valence-corrected chi connectivity index (χ2v) is 4.54. The molecule has 1 saturated carbocycles. The molecule has 2 rings (SSSR count). The lowest BCUT2D eigenvalue weighted by molar-refractivity contribution is 0.0615. The molecule has 0 aliphatic heterocycles. The number of hydrogen-bond acceptors (Lipinski definition) is 1. The fourth-order valence-electron chi connectivity index (χ4n) is 1.80. The molecule has 1 fully saturated rings. The van der Waals surface area contributed by atoms with Crippen LogP contribution >= 0.6 is 0 Å². The van der Waals surface area contributed by atoms with E-state index in [4.69, 9.17) is 0 Å². The topological polar surface area (TPSA) is 20.2 Å². The van der Waals surface area contributed by atoms with Crippen molar-refractivity contribution in [2.45, 2.75) is 25.9 Å². The molecule has 0 bridgehead atoms. The van der Waals surface area contributed by atoms with E-state index in [-0.39, 0.29) is 0 Å². The highest BCUT2D eigenvalue weighted by Gasteiger charge is 2.41. The predicted octanol–water partition coefficient (Wildman–Crippen LogP) is 2.86. The summed E-state index contributed by atoms with van der Waals surface area (Å²) in [5.74, 6) is 0.364. The normalized spacial score (nSPS) is 23.9. The summed E-state index contributed by atoms with van der Waals surface area (Å²) in [6.45, 7) is 3.76. The molecule has 1 aliphatic rings. The van der Waals surface area contributed by atoms with Gasteiger partial charge in [-0.2, -0.15) is 0 Å². The van der Waals surface area contributed by atoms with Crippen molar-refractivity contribution in [3.8, 4) is 0 Å². The van der Waals surface area contributed by atoms with Crippen molar-refractivity contribution in [2.75, 3.05) is 0 Å². The maximum atomic E-state index is 9.77. The van der Waals surface area contributed by atoms with Gasteiger partial charge in [0.25, 0.3) is 0 Å². The Labute approximate surface area is 85.1 Å². The minimum atomic E-state index is -0.555. The quantitative estimate of drug-likeness (QED) is 0.756.